The maximum atomic E-state index is 13.3. The zero-order valence-corrected chi connectivity index (χ0v) is 27.4. The molecule has 234 valence electrons. The highest BCUT2D eigenvalue weighted by atomic mass is 127. The highest BCUT2D eigenvalue weighted by Crippen LogP contribution is 2.39. The molecule has 1 atom stereocenters. The number of unbranched alkanes of at least 4 members (excludes halogenated alkanes) is 2. The first-order chi connectivity index (χ1) is 22.0. The van der Waals surface area contributed by atoms with Crippen molar-refractivity contribution >= 4 is 57.3 Å². The SMILES string of the molecule is COCCOCn1cnc2c(nc(SC3=COC(c4ccccc4I)O3)n2CCCCCN2C(=O)c3ccccc3C2=O)c1=O. The van der Waals surface area contributed by atoms with E-state index >= 15 is 0 Å². The Morgan fingerprint density at radius 2 is 1.69 bits per heavy atom. The van der Waals surface area contributed by atoms with Crippen LogP contribution in [0, 0.1) is 3.57 Å². The van der Waals surface area contributed by atoms with Crippen LogP contribution in [0.1, 0.15) is 51.8 Å². The summed E-state index contributed by atoms with van der Waals surface area (Å²) in [6.07, 6.45) is 4.50. The maximum Gasteiger partial charge on any atom is 0.283 e. The van der Waals surface area contributed by atoms with E-state index in [4.69, 9.17) is 18.9 Å². The van der Waals surface area contributed by atoms with Gasteiger partial charge in [0.15, 0.2) is 16.3 Å². The number of imidazole rings is 1. The minimum atomic E-state index is -0.583. The van der Waals surface area contributed by atoms with Gasteiger partial charge in [0.2, 0.25) is 5.09 Å². The molecule has 0 saturated heterocycles. The van der Waals surface area contributed by atoms with Gasteiger partial charge in [-0.1, -0.05) is 30.3 Å². The number of fused-ring (bicyclic) bond motifs is 2. The lowest BCUT2D eigenvalue weighted by molar-refractivity contribution is -0.0279. The zero-order chi connectivity index (χ0) is 31.3. The Balaban J connectivity index is 1.15. The van der Waals surface area contributed by atoms with Crippen LogP contribution in [0.4, 0.5) is 0 Å². The molecule has 0 aliphatic carbocycles. The first-order valence-electron chi connectivity index (χ1n) is 14.4. The normalized spacial score (nSPS) is 15.8. The summed E-state index contributed by atoms with van der Waals surface area (Å²) in [7, 11) is 1.58. The molecule has 45 heavy (non-hydrogen) atoms. The van der Waals surface area contributed by atoms with Gasteiger partial charge in [0, 0.05) is 29.3 Å². The Morgan fingerprint density at radius 3 is 2.44 bits per heavy atom. The van der Waals surface area contributed by atoms with E-state index < -0.39 is 6.29 Å². The van der Waals surface area contributed by atoms with Gasteiger partial charge in [0.25, 0.3) is 23.7 Å². The number of ether oxygens (including phenoxy) is 4. The molecule has 2 amide bonds. The van der Waals surface area contributed by atoms with Gasteiger partial charge < -0.3 is 23.5 Å². The first kappa shape index (κ1) is 31.3. The summed E-state index contributed by atoms with van der Waals surface area (Å²) in [5.74, 6) is -0.505. The maximum absolute atomic E-state index is 13.3. The van der Waals surface area contributed by atoms with Gasteiger partial charge in [0.05, 0.1) is 24.3 Å². The number of hydrogen-bond acceptors (Lipinski definition) is 10. The lowest BCUT2D eigenvalue weighted by Crippen LogP contribution is -2.30. The number of benzene rings is 2. The van der Waals surface area contributed by atoms with E-state index in [2.05, 4.69) is 32.6 Å². The van der Waals surface area contributed by atoms with Crippen LogP contribution in [-0.4, -0.2) is 62.7 Å². The van der Waals surface area contributed by atoms with E-state index in [0.717, 1.165) is 15.6 Å². The van der Waals surface area contributed by atoms with Crippen molar-refractivity contribution in [2.75, 3.05) is 26.9 Å². The fraction of sp³-hybridized carbons (Fsp3) is 0.323. The highest BCUT2D eigenvalue weighted by Gasteiger charge is 2.34. The van der Waals surface area contributed by atoms with Crippen LogP contribution in [0.15, 0.2) is 76.2 Å². The van der Waals surface area contributed by atoms with Gasteiger partial charge in [-0.15, -0.1) is 0 Å². The van der Waals surface area contributed by atoms with Crippen LogP contribution in [0.2, 0.25) is 0 Å². The second-order valence-electron chi connectivity index (χ2n) is 10.3. The molecule has 6 rings (SSSR count). The average Bonchev–Trinajstić information content (AvgIpc) is 3.72. The van der Waals surface area contributed by atoms with Crippen molar-refractivity contribution in [1.29, 1.82) is 0 Å². The molecule has 12 nitrogen and oxygen atoms in total. The smallest absolute Gasteiger partial charge is 0.283 e. The van der Waals surface area contributed by atoms with Crippen LogP contribution in [0.5, 0.6) is 0 Å². The molecule has 0 saturated carbocycles. The number of carbonyl (C=O) groups excluding carboxylic acids is 2. The quantitative estimate of drug-likeness (QED) is 0.0999. The molecule has 2 aromatic heterocycles. The Labute approximate surface area is 276 Å². The number of hydrogen-bond donors (Lipinski definition) is 0. The predicted molar refractivity (Wildman–Crippen MR) is 173 cm³/mol. The lowest BCUT2D eigenvalue weighted by atomic mass is 10.1. The summed E-state index contributed by atoms with van der Waals surface area (Å²) < 4.78 is 26.7. The van der Waals surface area contributed by atoms with E-state index in [1.54, 1.807) is 37.6 Å². The van der Waals surface area contributed by atoms with Crippen LogP contribution < -0.4 is 5.56 Å². The number of aryl methyl sites for hydroxylation is 1. The lowest BCUT2D eigenvalue weighted by Gasteiger charge is -2.14. The molecular weight excluding hydrogens is 713 g/mol. The highest BCUT2D eigenvalue weighted by molar-refractivity contribution is 14.1. The van der Waals surface area contributed by atoms with E-state index in [1.807, 2.05) is 28.8 Å². The number of amides is 2. The third-order valence-electron chi connectivity index (χ3n) is 7.35. The topological polar surface area (TPSA) is 127 Å². The molecule has 1 unspecified atom stereocenters. The number of halogens is 1. The van der Waals surface area contributed by atoms with Crippen LogP contribution in [-0.2, 0) is 32.2 Å². The van der Waals surface area contributed by atoms with Crippen LogP contribution in [0.3, 0.4) is 0 Å². The van der Waals surface area contributed by atoms with Gasteiger partial charge in [0.1, 0.15) is 19.3 Å². The number of thioether (sulfide) groups is 1. The van der Waals surface area contributed by atoms with Gasteiger partial charge in [-0.3, -0.25) is 23.9 Å². The molecule has 0 N–H and O–H groups in total. The summed E-state index contributed by atoms with van der Waals surface area (Å²) in [6, 6.07) is 14.7. The van der Waals surface area contributed by atoms with Crippen molar-refractivity contribution in [3.05, 3.63) is 96.8 Å². The Hall–Kier alpha value is -3.73. The fourth-order valence-corrected chi connectivity index (χ4v) is 6.55. The third kappa shape index (κ3) is 6.64. The van der Waals surface area contributed by atoms with Crippen LogP contribution in [0.25, 0.3) is 11.2 Å². The summed E-state index contributed by atoms with van der Waals surface area (Å²) in [5.41, 5.74) is 2.16. The summed E-state index contributed by atoms with van der Waals surface area (Å²) in [4.78, 5) is 49.3. The number of rotatable bonds is 14. The molecule has 2 aromatic carbocycles. The minimum absolute atomic E-state index is 0.0256. The number of carbonyl (C=O) groups is 2. The molecule has 4 heterocycles. The first-order valence-corrected chi connectivity index (χ1v) is 16.3. The fourth-order valence-electron chi connectivity index (χ4n) is 5.07. The standard InChI is InChI=1S/C31H30IN5O7S/c1-41-15-16-42-19-35-18-33-26-25(29(35)40)34-31(45-24-17-43-30(44-24)22-11-5-6-12-23(22)32)36(26)13-7-2-8-14-37-27(38)20-9-3-4-10-21(20)28(37)39/h3-6,9-12,17-18,30H,2,7-8,13-16,19H2,1H3. The van der Waals surface area contributed by atoms with E-state index in [9.17, 15) is 14.4 Å². The summed E-state index contributed by atoms with van der Waals surface area (Å²) in [6.45, 7) is 1.62. The summed E-state index contributed by atoms with van der Waals surface area (Å²) in [5, 5.41) is 1.04. The molecule has 2 aliphatic heterocycles. The molecule has 0 spiro atoms. The second kappa shape index (κ2) is 14.1. The monoisotopic (exact) mass is 743 g/mol. The van der Waals surface area contributed by atoms with Gasteiger partial charge >= 0.3 is 0 Å². The largest absolute Gasteiger partial charge is 0.454 e. The molecule has 0 fully saturated rings. The number of nitrogens with zero attached hydrogens (tertiary/aromatic N) is 5. The third-order valence-corrected chi connectivity index (χ3v) is 9.22. The molecule has 2 aliphatic rings. The molecule has 14 heteroatoms. The van der Waals surface area contributed by atoms with Gasteiger partial charge in [-0.05, 0) is 71.8 Å². The molecular formula is C31H30IN5O7S. The second-order valence-corrected chi connectivity index (χ2v) is 12.4. The summed E-state index contributed by atoms with van der Waals surface area (Å²) >= 11 is 3.50. The van der Waals surface area contributed by atoms with Crippen molar-refractivity contribution in [2.45, 2.75) is 44.0 Å². The van der Waals surface area contributed by atoms with E-state index in [0.29, 0.717) is 66.2 Å². The van der Waals surface area contributed by atoms with Gasteiger partial charge in [-0.2, -0.15) is 0 Å². The minimum Gasteiger partial charge on any atom is -0.454 e. The Morgan fingerprint density at radius 1 is 0.956 bits per heavy atom. The predicted octanol–water partition coefficient (Wildman–Crippen LogP) is 4.92. The zero-order valence-electron chi connectivity index (χ0n) is 24.4. The number of aromatic nitrogens is 4. The number of imide groups is 1. The van der Waals surface area contributed by atoms with Crippen molar-refractivity contribution in [2.24, 2.45) is 0 Å². The average molecular weight is 744 g/mol. The Bertz CT molecular complexity index is 1790. The van der Waals surface area contributed by atoms with Crippen LogP contribution >= 0.6 is 34.4 Å². The van der Waals surface area contributed by atoms with E-state index in [-0.39, 0.29) is 29.6 Å². The Kier molecular flexibility index (Phi) is 9.82. The van der Waals surface area contributed by atoms with Crippen molar-refractivity contribution < 1.29 is 28.5 Å². The molecule has 0 bridgehead atoms. The van der Waals surface area contributed by atoms with E-state index in [1.165, 1.54) is 27.6 Å². The van der Waals surface area contributed by atoms with Crippen molar-refractivity contribution in [1.82, 2.24) is 24.0 Å². The van der Waals surface area contributed by atoms with Gasteiger partial charge in [-0.25, -0.2) is 9.97 Å². The molecule has 4 aromatic rings. The van der Waals surface area contributed by atoms with Crippen molar-refractivity contribution in [3.63, 3.8) is 0 Å². The molecule has 0 radical (unpaired) electrons. The number of methoxy groups -OCH3 is 1. The van der Waals surface area contributed by atoms with Crippen molar-refractivity contribution in [3.8, 4) is 0 Å².